The third-order valence-corrected chi connectivity index (χ3v) is 2.73. The van der Waals surface area contributed by atoms with Gasteiger partial charge in [-0.2, -0.15) is 0 Å². The number of rotatable bonds is 8. The van der Waals surface area contributed by atoms with Gasteiger partial charge >= 0.3 is 0 Å². The molecule has 1 aromatic carbocycles. The zero-order valence-electron chi connectivity index (χ0n) is 11.8. The number of aliphatic hydroxyl groups is 1. The average Bonchev–Trinajstić information content (AvgIpc) is 2.49. The van der Waals surface area contributed by atoms with Crippen LogP contribution in [0.5, 0.6) is 11.5 Å². The largest absolute Gasteiger partial charge is 0.493 e. The molecule has 1 N–H and O–H groups in total. The summed E-state index contributed by atoms with van der Waals surface area (Å²) in [5.74, 6) is 0.669. The van der Waals surface area contributed by atoms with Crippen LogP contribution in [0.1, 0.15) is 16.8 Å². The Bertz CT molecular complexity index is 439. The summed E-state index contributed by atoms with van der Waals surface area (Å²) >= 11 is 0. The van der Waals surface area contributed by atoms with Crippen LogP contribution >= 0.6 is 0 Å². The highest BCUT2D eigenvalue weighted by atomic mass is 19.1. The van der Waals surface area contributed by atoms with Crippen LogP contribution in [0.25, 0.3) is 0 Å². The minimum atomic E-state index is -0.453. The van der Waals surface area contributed by atoms with Crippen LogP contribution in [-0.4, -0.2) is 56.5 Å². The van der Waals surface area contributed by atoms with Crippen molar-refractivity contribution in [3.05, 3.63) is 23.8 Å². The van der Waals surface area contributed by atoms with Gasteiger partial charge in [0.25, 0.3) is 5.91 Å². The fourth-order valence-electron chi connectivity index (χ4n) is 1.70. The molecule has 0 heterocycles. The molecule has 5 nitrogen and oxygen atoms in total. The van der Waals surface area contributed by atoms with E-state index in [1.165, 1.54) is 12.0 Å². The van der Waals surface area contributed by atoms with Crippen LogP contribution in [0, 0.1) is 0 Å². The Morgan fingerprint density at radius 1 is 1.40 bits per heavy atom. The minimum absolute atomic E-state index is 0.117. The van der Waals surface area contributed by atoms with Crippen LogP contribution in [0.4, 0.5) is 4.39 Å². The molecule has 0 unspecified atom stereocenters. The highest BCUT2D eigenvalue weighted by Crippen LogP contribution is 2.28. The molecule has 20 heavy (non-hydrogen) atoms. The van der Waals surface area contributed by atoms with Crippen molar-refractivity contribution in [2.24, 2.45) is 0 Å². The number of methoxy groups -OCH3 is 1. The predicted octanol–water partition coefficient (Wildman–Crippen LogP) is 1.50. The van der Waals surface area contributed by atoms with Gasteiger partial charge in [-0.3, -0.25) is 9.18 Å². The number of aliphatic hydroxyl groups excluding tert-OH is 1. The normalized spacial score (nSPS) is 10.2. The van der Waals surface area contributed by atoms with Crippen LogP contribution in [0.2, 0.25) is 0 Å². The van der Waals surface area contributed by atoms with E-state index < -0.39 is 6.67 Å². The summed E-state index contributed by atoms with van der Waals surface area (Å²) in [6.45, 7) is -0.108. The average molecular weight is 285 g/mol. The number of alkyl halides is 1. The van der Waals surface area contributed by atoms with Crippen LogP contribution in [0.3, 0.4) is 0 Å². The van der Waals surface area contributed by atoms with Gasteiger partial charge in [0.05, 0.1) is 20.4 Å². The van der Waals surface area contributed by atoms with E-state index in [2.05, 4.69) is 0 Å². The molecule has 112 valence electrons. The lowest BCUT2D eigenvalue weighted by Gasteiger charge is -2.17. The quantitative estimate of drug-likeness (QED) is 0.786. The topological polar surface area (TPSA) is 59.0 Å². The first-order valence-corrected chi connectivity index (χ1v) is 6.37. The number of benzene rings is 1. The summed E-state index contributed by atoms with van der Waals surface area (Å²) in [4.78, 5) is 13.6. The second-order valence-electron chi connectivity index (χ2n) is 4.21. The maximum Gasteiger partial charge on any atom is 0.253 e. The maximum absolute atomic E-state index is 12.1. The van der Waals surface area contributed by atoms with E-state index in [4.69, 9.17) is 14.6 Å². The summed E-state index contributed by atoms with van der Waals surface area (Å²) in [5.41, 5.74) is 0.431. The van der Waals surface area contributed by atoms with Gasteiger partial charge in [-0.1, -0.05) is 0 Å². The molecule has 0 aliphatic heterocycles. The molecule has 6 heteroatoms. The van der Waals surface area contributed by atoms with Crippen LogP contribution in [0.15, 0.2) is 18.2 Å². The van der Waals surface area contributed by atoms with Gasteiger partial charge < -0.3 is 19.5 Å². The Labute approximate surface area is 117 Å². The number of carbonyl (C=O) groups excluding carboxylic acids is 1. The van der Waals surface area contributed by atoms with Crippen molar-refractivity contribution < 1.29 is 23.8 Å². The maximum atomic E-state index is 12.1. The van der Waals surface area contributed by atoms with Crippen molar-refractivity contribution >= 4 is 5.91 Å². The second-order valence-corrected chi connectivity index (χ2v) is 4.21. The van der Waals surface area contributed by atoms with E-state index in [-0.39, 0.29) is 19.1 Å². The number of hydrogen-bond acceptors (Lipinski definition) is 4. The van der Waals surface area contributed by atoms with Crippen molar-refractivity contribution in [1.29, 1.82) is 0 Å². The Kier molecular flexibility index (Phi) is 6.79. The Morgan fingerprint density at radius 2 is 2.15 bits per heavy atom. The third kappa shape index (κ3) is 4.38. The summed E-state index contributed by atoms with van der Waals surface area (Å²) in [6.07, 6.45) is 0.312. The first-order valence-electron chi connectivity index (χ1n) is 6.37. The van der Waals surface area contributed by atoms with Crippen molar-refractivity contribution in [3.63, 3.8) is 0 Å². The van der Waals surface area contributed by atoms with Gasteiger partial charge in [-0.25, -0.2) is 0 Å². The zero-order chi connectivity index (χ0) is 15.0. The SMILES string of the molecule is COc1ccc(C(=O)N(C)CCCF)cc1OCCO. The number of nitrogens with zero attached hydrogens (tertiary/aromatic N) is 1. The van der Waals surface area contributed by atoms with E-state index >= 15 is 0 Å². The van der Waals surface area contributed by atoms with Gasteiger partial charge in [-0.05, 0) is 24.6 Å². The molecule has 0 bridgehead atoms. The monoisotopic (exact) mass is 285 g/mol. The molecule has 0 fully saturated rings. The summed E-state index contributed by atoms with van der Waals surface area (Å²) in [7, 11) is 3.12. The molecule has 1 amide bonds. The standard InChI is InChI=1S/C14H20FNO4/c1-16(7-3-6-15)14(18)11-4-5-12(19-2)13(10-11)20-9-8-17/h4-5,10,17H,3,6-9H2,1-2H3. The first kappa shape index (κ1) is 16.2. The van der Waals surface area contributed by atoms with Crippen molar-refractivity contribution in [2.75, 3.05) is 40.6 Å². The lowest BCUT2D eigenvalue weighted by atomic mass is 10.1. The smallest absolute Gasteiger partial charge is 0.253 e. The summed E-state index contributed by atoms with van der Waals surface area (Å²) < 4.78 is 22.6. The molecule has 0 saturated carbocycles. The molecule has 0 aliphatic carbocycles. The zero-order valence-corrected chi connectivity index (χ0v) is 11.8. The minimum Gasteiger partial charge on any atom is -0.493 e. The van der Waals surface area contributed by atoms with Gasteiger partial charge in [-0.15, -0.1) is 0 Å². The predicted molar refractivity (Wildman–Crippen MR) is 73.1 cm³/mol. The number of hydrogen-bond donors (Lipinski definition) is 1. The molecule has 1 rings (SSSR count). The Morgan fingerprint density at radius 3 is 2.75 bits per heavy atom. The highest BCUT2D eigenvalue weighted by Gasteiger charge is 2.14. The molecular weight excluding hydrogens is 265 g/mol. The molecule has 0 atom stereocenters. The van der Waals surface area contributed by atoms with Crippen LogP contribution < -0.4 is 9.47 Å². The molecule has 0 aliphatic rings. The van der Waals surface area contributed by atoms with Gasteiger partial charge in [0, 0.05) is 19.2 Å². The fraction of sp³-hybridized carbons (Fsp3) is 0.500. The van der Waals surface area contributed by atoms with Gasteiger partial charge in [0.1, 0.15) is 6.61 Å². The molecule has 1 aromatic rings. The van der Waals surface area contributed by atoms with Gasteiger partial charge in [0.15, 0.2) is 11.5 Å². The number of ether oxygens (including phenoxy) is 2. The van der Waals surface area contributed by atoms with E-state index in [1.807, 2.05) is 0 Å². The van der Waals surface area contributed by atoms with Crippen molar-refractivity contribution in [2.45, 2.75) is 6.42 Å². The Hall–Kier alpha value is -1.82. The molecule has 0 radical (unpaired) electrons. The summed E-state index contributed by atoms with van der Waals surface area (Å²) in [6, 6.07) is 4.81. The number of carbonyl (C=O) groups is 1. The molecule has 0 saturated heterocycles. The van der Waals surface area contributed by atoms with Crippen LogP contribution in [-0.2, 0) is 0 Å². The van der Waals surface area contributed by atoms with Crippen molar-refractivity contribution in [1.82, 2.24) is 4.90 Å². The van der Waals surface area contributed by atoms with E-state index in [9.17, 15) is 9.18 Å². The highest BCUT2D eigenvalue weighted by molar-refractivity contribution is 5.94. The van der Waals surface area contributed by atoms with E-state index in [0.29, 0.717) is 30.0 Å². The first-order chi connectivity index (χ1) is 9.63. The lowest BCUT2D eigenvalue weighted by Crippen LogP contribution is -2.28. The fourth-order valence-corrected chi connectivity index (χ4v) is 1.70. The molecule has 0 spiro atoms. The van der Waals surface area contributed by atoms with Gasteiger partial charge in [0.2, 0.25) is 0 Å². The Balaban J connectivity index is 2.86. The lowest BCUT2D eigenvalue weighted by molar-refractivity contribution is 0.0790. The third-order valence-electron chi connectivity index (χ3n) is 2.73. The van der Waals surface area contributed by atoms with E-state index in [1.54, 1.807) is 25.2 Å². The molecule has 0 aromatic heterocycles. The summed E-state index contributed by atoms with van der Waals surface area (Å²) in [5, 5.41) is 8.78. The number of halogens is 1. The van der Waals surface area contributed by atoms with E-state index in [0.717, 1.165) is 0 Å². The second kappa shape index (κ2) is 8.37. The van der Waals surface area contributed by atoms with Crippen molar-refractivity contribution in [3.8, 4) is 11.5 Å². The number of amides is 1. The molecular formula is C14H20FNO4.